The predicted octanol–water partition coefficient (Wildman–Crippen LogP) is 3.86. The minimum atomic E-state index is -3.44. The molecule has 1 aromatic carbocycles. The molecule has 1 N–H and O–H groups in total. The first-order valence-corrected chi connectivity index (χ1v) is 9.84. The standard InChI is InChI=1S/C15H23BrNO5P/c1-5-21-23(19,22-6-2)15(16)14(17-11(3)18)12-7-9-13(20-4)10-8-12/h7-10,14-15H,5-6H2,1-4H3,(H,17,18). The highest BCUT2D eigenvalue weighted by Crippen LogP contribution is 2.59. The summed E-state index contributed by atoms with van der Waals surface area (Å²) >= 11 is 3.41. The Kier molecular flexibility index (Phi) is 8.26. The summed E-state index contributed by atoms with van der Waals surface area (Å²) in [6.45, 7) is 5.38. The monoisotopic (exact) mass is 407 g/mol. The zero-order valence-electron chi connectivity index (χ0n) is 13.7. The Hall–Kier alpha value is -0.880. The van der Waals surface area contributed by atoms with E-state index in [0.717, 1.165) is 5.56 Å². The normalized spacial score (nSPS) is 14.1. The molecule has 1 aromatic rings. The van der Waals surface area contributed by atoms with Gasteiger partial charge in [0, 0.05) is 6.92 Å². The fourth-order valence-corrected chi connectivity index (χ4v) is 4.90. The Morgan fingerprint density at radius 3 is 2.13 bits per heavy atom. The predicted molar refractivity (Wildman–Crippen MR) is 93.1 cm³/mol. The lowest BCUT2D eigenvalue weighted by molar-refractivity contribution is -0.119. The molecule has 0 aliphatic rings. The van der Waals surface area contributed by atoms with E-state index in [-0.39, 0.29) is 19.1 Å². The van der Waals surface area contributed by atoms with Crippen LogP contribution in [0, 0.1) is 0 Å². The first-order valence-electron chi connectivity index (χ1n) is 7.31. The summed E-state index contributed by atoms with van der Waals surface area (Å²) in [6.07, 6.45) is 0. The highest BCUT2D eigenvalue weighted by atomic mass is 79.9. The molecule has 130 valence electrons. The van der Waals surface area contributed by atoms with Crippen LogP contribution in [0.1, 0.15) is 32.4 Å². The lowest BCUT2D eigenvalue weighted by Gasteiger charge is -2.29. The van der Waals surface area contributed by atoms with Gasteiger partial charge < -0.3 is 19.1 Å². The molecule has 2 unspecified atom stereocenters. The summed E-state index contributed by atoms with van der Waals surface area (Å²) in [7, 11) is -1.86. The lowest BCUT2D eigenvalue weighted by Crippen LogP contribution is -2.33. The van der Waals surface area contributed by atoms with E-state index in [4.69, 9.17) is 13.8 Å². The largest absolute Gasteiger partial charge is 0.497 e. The number of halogens is 1. The number of hydrogen-bond donors (Lipinski definition) is 1. The molecule has 0 aliphatic heterocycles. The lowest BCUT2D eigenvalue weighted by atomic mass is 10.1. The van der Waals surface area contributed by atoms with Crippen LogP contribution in [0.3, 0.4) is 0 Å². The average molecular weight is 408 g/mol. The Bertz CT molecular complexity index is 541. The number of nitrogens with one attached hydrogen (secondary N) is 1. The number of carbonyl (C=O) groups excluding carboxylic acids is 1. The maximum Gasteiger partial charge on any atom is 0.346 e. The minimum Gasteiger partial charge on any atom is -0.497 e. The van der Waals surface area contributed by atoms with E-state index in [2.05, 4.69) is 21.2 Å². The van der Waals surface area contributed by atoms with E-state index in [0.29, 0.717) is 5.75 Å². The van der Waals surface area contributed by atoms with Crippen molar-refractivity contribution in [1.29, 1.82) is 0 Å². The molecular weight excluding hydrogens is 385 g/mol. The minimum absolute atomic E-state index is 0.241. The van der Waals surface area contributed by atoms with Gasteiger partial charge in [0.2, 0.25) is 5.91 Å². The van der Waals surface area contributed by atoms with Crippen LogP contribution in [-0.2, 0) is 18.4 Å². The van der Waals surface area contributed by atoms with Gasteiger partial charge in [-0.3, -0.25) is 9.36 Å². The molecule has 0 heterocycles. The van der Waals surface area contributed by atoms with E-state index < -0.39 is 18.2 Å². The van der Waals surface area contributed by atoms with Crippen LogP contribution < -0.4 is 10.1 Å². The molecule has 0 fully saturated rings. The summed E-state index contributed by atoms with van der Waals surface area (Å²) in [5, 5.41) is 2.80. The maximum absolute atomic E-state index is 13.0. The third-order valence-corrected chi connectivity index (χ3v) is 7.20. The van der Waals surface area contributed by atoms with Crippen LogP contribution >= 0.6 is 23.5 Å². The van der Waals surface area contributed by atoms with Crippen LogP contribution in [0.5, 0.6) is 5.75 Å². The molecule has 0 spiro atoms. The summed E-state index contributed by atoms with van der Waals surface area (Å²) < 4.78 is 28.1. The summed E-state index contributed by atoms with van der Waals surface area (Å²) in [6, 6.07) is 6.58. The molecular formula is C15H23BrNO5P. The third-order valence-electron chi connectivity index (χ3n) is 3.03. The van der Waals surface area contributed by atoms with Gasteiger partial charge in [0.05, 0.1) is 26.4 Å². The van der Waals surface area contributed by atoms with Crippen LogP contribution in [0.25, 0.3) is 0 Å². The molecule has 0 saturated heterocycles. The number of carbonyl (C=O) groups is 1. The van der Waals surface area contributed by atoms with E-state index >= 15 is 0 Å². The van der Waals surface area contributed by atoms with Crippen molar-refractivity contribution in [2.24, 2.45) is 0 Å². The second kappa shape index (κ2) is 9.42. The van der Waals surface area contributed by atoms with Gasteiger partial charge in [-0.1, -0.05) is 28.1 Å². The van der Waals surface area contributed by atoms with Crippen LogP contribution in [0.4, 0.5) is 0 Å². The van der Waals surface area contributed by atoms with Gasteiger partial charge in [-0.2, -0.15) is 0 Å². The Morgan fingerprint density at radius 1 is 1.22 bits per heavy atom. The van der Waals surface area contributed by atoms with Crippen molar-refractivity contribution in [2.45, 2.75) is 31.4 Å². The summed E-state index contributed by atoms with van der Waals surface area (Å²) in [4.78, 5) is 11.6. The van der Waals surface area contributed by atoms with E-state index in [9.17, 15) is 9.36 Å². The molecule has 1 amide bonds. The number of benzene rings is 1. The zero-order valence-corrected chi connectivity index (χ0v) is 16.2. The second-order valence-corrected chi connectivity index (χ2v) is 8.55. The number of rotatable bonds is 9. The van der Waals surface area contributed by atoms with Crippen molar-refractivity contribution in [3.05, 3.63) is 29.8 Å². The molecule has 2 atom stereocenters. The number of ether oxygens (including phenoxy) is 1. The van der Waals surface area contributed by atoms with Crippen molar-refractivity contribution in [1.82, 2.24) is 5.32 Å². The third kappa shape index (κ3) is 5.60. The fourth-order valence-electron chi connectivity index (χ4n) is 2.06. The van der Waals surface area contributed by atoms with Gasteiger partial charge in [0.1, 0.15) is 10.3 Å². The SMILES string of the molecule is CCOP(=O)(OCC)C(Br)C(NC(C)=O)c1ccc(OC)cc1. The number of amides is 1. The van der Waals surface area contributed by atoms with Gasteiger partial charge in [0.15, 0.2) is 0 Å². The number of alkyl halides is 1. The fraction of sp³-hybridized carbons (Fsp3) is 0.533. The average Bonchev–Trinajstić information content (AvgIpc) is 2.52. The van der Waals surface area contributed by atoms with Gasteiger partial charge >= 0.3 is 7.60 Å². The first-order chi connectivity index (χ1) is 10.9. The Morgan fingerprint density at radius 2 is 1.74 bits per heavy atom. The highest BCUT2D eigenvalue weighted by molar-refractivity contribution is 9.10. The molecule has 1 rings (SSSR count). The Balaban J connectivity index is 3.16. The van der Waals surface area contributed by atoms with Gasteiger partial charge in [-0.05, 0) is 31.5 Å². The van der Waals surface area contributed by atoms with Crippen molar-refractivity contribution >= 4 is 29.4 Å². The van der Waals surface area contributed by atoms with Crippen molar-refractivity contribution < 1.29 is 23.1 Å². The number of methoxy groups -OCH3 is 1. The molecule has 8 heteroatoms. The van der Waals surface area contributed by atoms with Gasteiger partial charge in [-0.15, -0.1) is 0 Å². The molecule has 0 saturated carbocycles. The van der Waals surface area contributed by atoms with Crippen LogP contribution in [-0.4, -0.2) is 30.8 Å². The molecule has 6 nitrogen and oxygen atoms in total. The molecule has 0 radical (unpaired) electrons. The molecule has 23 heavy (non-hydrogen) atoms. The van der Waals surface area contributed by atoms with Gasteiger partial charge in [-0.25, -0.2) is 0 Å². The smallest absolute Gasteiger partial charge is 0.346 e. The topological polar surface area (TPSA) is 73.9 Å². The van der Waals surface area contributed by atoms with Crippen molar-refractivity contribution in [3.8, 4) is 5.75 Å². The highest BCUT2D eigenvalue weighted by Gasteiger charge is 2.40. The Labute approximate surface area is 145 Å². The zero-order chi connectivity index (χ0) is 17.5. The number of hydrogen-bond acceptors (Lipinski definition) is 5. The van der Waals surface area contributed by atoms with E-state index in [1.807, 2.05) is 0 Å². The van der Waals surface area contributed by atoms with Crippen molar-refractivity contribution in [3.63, 3.8) is 0 Å². The van der Waals surface area contributed by atoms with Gasteiger partial charge in [0.25, 0.3) is 0 Å². The molecule has 0 aromatic heterocycles. The second-order valence-electron chi connectivity index (χ2n) is 4.70. The van der Waals surface area contributed by atoms with Crippen LogP contribution in [0.2, 0.25) is 0 Å². The van der Waals surface area contributed by atoms with Crippen molar-refractivity contribution in [2.75, 3.05) is 20.3 Å². The first kappa shape index (κ1) is 20.2. The quantitative estimate of drug-likeness (QED) is 0.496. The van der Waals surface area contributed by atoms with E-state index in [1.54, 1.807) is 45.2 Å². The van der Waals surface area contributed by atoms with E-state index in [1.165, 1.54) is 6.92 Å². The molecule has 0 aliphatic carbocycles. The molecule has 0 bridgehead atoms. The van der Waals surface area contributed by atoms with Crippen LogP contribution in [0.15, 0.2) is 24.3 Å². The maximum atomic E-state index is 13.0. The summed E-state index contributed by atoms with van der Waals surface area (Å²) in [5.41, 5.74) is 0.766. The summed E-state index contributed by atoms with van der Waals surface area (Å²) in [5.74, 6) is 0.453.